The molecule has 160 valence electrons. The monoisotopic (exact) mass is 503 g/mol. The molecule has 0 aliphatic carbocycles. The van der Waals surface area contributed by atoms with E-state index < -0.39 is 0 Å². The number of hydrogen-bond acceptors (Lipinski definition) is 3. The van der Waals surface area contributed by atoms with E-state index in [4.69, 9.17) is 9.47 Å². The van der Waals surface area contributed by atoms with Crippen molar-refractivity contribution < 1.29 is 9.47 Å². The van der Waals surface area contributed by atoms with Crippen molar-refractivity contribution in [1.29, 1.82) is 0 Å². The van der Waals surface area contributed by atoms with E-state index in [-0.39, 0.29) is 24.0 Å². The normalized spacial score (nSPS) is 15.4. The van der Waals surface area contributed by atoms with Gasteiger partial charge in [-0.25, -0.2) is 0 Å². The maximum absolute atomic E-state index is 6.03. The summed E-state index contributed by atoms with van der Waals surface area (Å²) in [5.41, 5.74) is 2.46. The molecule has 5 nitrogen and oxygen atoms in total. The van der Waals surface area contributed by atoms with Gasteiger partial charge in [-0.3, -0.25) is 4.99 Å². The summed E-state index contributed by atoms with van der Waals surface area (Å²) in [5, 5.41) is 6.80. The number of guanidine groups is 1. The molecule has 1 aromatic carbocycles. The number of halogens is 1. The summed E-state index contributed by atoms with van der Waals surface area (Å²) < 4.78 is 11.4. The van der Waals surface area contributed by atoms with Crippen LogP contribution >= 0.6 is 24.0 Å². The third-order valence-electron chi connectivity index (χ3n) is 4.83. The summed E-state index contributed by atoms with van der Waals surface area (Å²) in [6, 6.07) is 8.58. The van der Waals surface area contributed by atoms with Crippen molar-refractivity contribution in [2.24, 2.45) is 10.9 Å². The lowest BCUT2D eigenvalue weighted by molar-refractivity contribution is -0.0390. The lowest BCUT2D eigenvalue weighted by Gasteiger charge is -2.22. The van der Waals surface area contributed by atoms with Gasteiger partial charge in [0.1, 0.15) is 0 Å². The molecule has 0 bridgehead atoms. The van der Waals surface area contributed by atoms with Crippen molar-refractivity contribution >= 4 is 29.9 Å². The Kier molecular flexibility index (Phi) is 13.5. The van der Waals surface area contributed by atoms with Gasteiger partial charge in [0.25, 0.3) is 0 Å². The van der Waals surface area contributed by atoms with Crippen LogP contribution in [0.1, 0.15) is 57.1 Å². The molecule has 2 N–H and O–H groups in total. The molecule has 1 aliphatic rings. The van der Waals surface area contributed by atoms with Gasteiger partial charge in [0.15, 0.2) is 5.96 Å². The molecule has 2 rings (SSSR count). The number of unbranched alkanes of at least 4 members (excludes halogenated alkanes) is 1. The quantitative estimate of drug-likeness (QED) is 0.214. The molecule has 1 aliphatic heterocycles. The van der Waals surface area contributed by atoms with Crippen LogP contribution in [0.5, 0.6) is 0 Å². The van der Waals surface area contributed by atoms with E-state index in [2.05, 4.69) is 53.7 Å². The van der Waals surface area contributed by atoms with Gasteiger partial charge in [-0.2, -0.15) is 0 Å². The van der Waals surface area contributed by atoms with Gasteiger partial charge < -0.3 is 20.1 Å². The Morgan fingerprint density at radius 1 is 1.18 bits per heavy atom. The Morgan fingerprint density at radius 2 is 1.93 bits per heavy atom. The standard InChI is InChI=1S/C22H37N3O2.HI/c1-18(2)7-4-5-12-24-22(23-3)25-16-19-8-6-9-20(15-19)17-27-21-10-13-26-14-11-21;/h6,8-9,15,18,21H,4-5,7,10-14,16-17H2,1-3H3,(H2,23,24,25);1H. The van der Waals surface area contributed by atoms with E-state index in [0.29, 0.717) is 12.7 Å². The van der Waals surface area contributed by atoms with E-state index in [1.165, 1.54) is 30.4 Å². The van der Waals surface area contributed by atoms with Crippen LogP contribution in [-0.2, 0) is 22.6 Å². The van der Waals surface area contributed by atoms with Gasteiger partial charge in [0.05, 0.1) is 12.7 Å². The van der Waals surface area contributed by atoms with Crippen LogP contribution in [0, 0.1) is 5.92 Å². The third kappa shape index (κ3) is 10.6. The predicted molar refractivity (Wildman–Crippen MR) is 127 cm³/mol. The summed E-state index contributed by atoms with van der Waals surface area (Å²) in [7, 11) is 1.82. The predicted octanol–water partition coefficient (Wildman–Crippen LogP) is 4.49. The second-order valence-corrected chi connectivity index (χ2v) is 7.68. The Bertz CT molecular complexity index is 560. The molecule has 0 spiro atoms. The maximum atomic E-state index is 6.03. The molecule has 0 amide bonds. The van der Waals surface area contributed by atoms with E-state index in [0.717, 1.165) is 51.0 Å². The minimum absolute atomic E-state index is 0. The average molecular weight is 503 g/mol. The molecule has 1 fully saturated rings. The van der Waals surface area contributed by atoms with Crippen LogP contribution in [0.15, 0.2) is 29.3 Å². The summed E-state index contributed by atoms with van der Waals surface area (Å²) in [6.45, 7) is 8.58. The van der Waals surface area contributed by atoms with Crippen LogP contribution in [0.4, 0.5) is 0 Å². The van der Waals surface area contributed by atoms with Gasteiger partial charge in [0, 0.05) is 33.4 Å². The summed E-state index contributed by atoms with van der Waals surface area (Å²) in [6.07, 6.45) is 6.06. The Morgan fingerprint density at radius 3 is 2.64 bits per heavy atom. The van der Waals surface area contributed by atoms with E-state index in [1.807, 2.05) is 7.05 Å². The van der Waals surface area contributed by atoms with Crippen molar-refractivity contribution in [3.8, 4) is 0 Å². The largest absolute Gasteiger partial charge is 0.381 e. The van der Waals surface area contributed by atoms with Crippen LogP contribution < -0.4 is 10.6 Å². The molecule has 0 radical (unpaired) electrons. The van der Waals surface area contributed by atoms with Crippen molar-refractivity contribution in [3.63, 3.8) is 0 Å². The van der Waals surface area contributed by atoms with Crippen molar-refractivity contribution in [3.05, 3.63) is 35.4 Å². The number of aliphatic imine (C=N–C) groups is 1. The molecule has 1 aromatic rings. The summed E-state index contributed by atoms with van der Waals surface area (Å²) in [4.78, 5) is 4.31. The van der Waals surface area contributed by atoms with Crippen molar-refractivity contribution in [2.45, 2.75) is 65.2 Å². The molecule has 6 heteroatoms. The molecule has 1 heterocycles. The maximum Gasteiger partial charge on any atom is 0.191 e. The minimum atomic E-state index is 0. The first-order chi connectivity index (χ1) is 13.2. The highest BCUT2D eigenvalue weighted by Gasteiger charge is 2.14. The first kappa shape index (κ1) is 25.2. The van der Waals surface area contributed by atoms with E-state index in [1.54, 1.807) is 0 Å². The van der Waals surface area contributed by atoms with Crippen LogP contribution in [0.3, 0.4) is 0 Å². The molecule has 0 atom stereocenters. The molecule has 28 heavy (non-hydrogen) atoms. The van der Waals surface area contributed by atoms with Gasteiger partial charge in [-0.1, -0.05) is 51.0 Å². The highest BCUT2D eigenvalue weighted by Crippen LogP contribution is 2.14. The second kappa shape index (κ2) is 15.0. The molecule has 0 aromatic heterocycles. The first-order valence-electron chi connectivity index (χ1n) is 10.4. The highest BCUT2D eigenvalue weighted by atomic mass is 127. The smallest absolute Gasteiger partial charge is 0.191 e. The third-order valence-corrected chi connectivity index (χ3v) is 4.83. The van der Waals surface area contributed by atoms with E-state index in [9.17, 15) is 0 Å². The number of nitrogens with zero attached hydrogens (tertiary/aromatic N) is 1. The van der Waals surface area contributed by atoms with Crippen LogP contribution in [-0.4, -0.2) is 38.9 Å². The molecule has 0 saturated carbocycles. The van der Waals surface area contributed by atoms with E-state index >= 15 is 0 Å². The SMILES string of the molecule is CN=C(NCCCCC(C)C)NCc1cccc(COC2CCOCC2)c1.I. The Labute approximate surface area is 188 Å². The Balaban J connectivity index is 0.00000392. The second-order valence-electron chi connectivity index (χ2n) is 7.68. The fourth-order valence-corrected chi connectivity index (χ4v) is 3.18. The van der Waals surface area contributed by atoms with Crippen LogP contribution in [0.25, 0.3) is 0 Å². The summed E-state index contributed by atoms with van der Waals surface area (Å²) in [5.74, 6) is 1.65. The zero-order valence-electron chi connectivity index (χ0n) is 17.7. The molecule has 0 unspecified atom stereocenters. The number of benzene rings is 1. The lowest BCUT2D eigenvalue weighted by Crippen LogP contribution is -2.37. The Hall–Kier alpha value is -0.860. The van der Waals surface area contributed by atoms with Crippen LogP contribution in [0.2, 0.25) is 0 Å². The van der Waals surface area contributed by atoms with Crippen molar-refractivity contribution in [2.75, 3.05) is 26.8 Å². The zero-order valence-corrected chi connectivity index (χ0v) is 20.0. The molecule has 1 saturated heterocycles. The number of nitrogens with one attached hydrogen (secondary N) is 2. The number of rotatable bonds is 10. The highest BCUT2D eigenvalue weighted by molar-refractivity contribution is 14.0. The number of ether oxygens (including phenoxy) is 2. The van der Waals surface area contributed by atoms with Gasteiger partial charge in [-0.05, 0) is 36.3 Å². The summed E-state index contributed by atoms with van der Waals surface area (Å²) >= 11 is 0. The fraction of sp³-hybridized carbons (Fsp3) is 0.682. The first-order valence-corrected chi connectivity index (χ1v) is 10.4. The van der Waals surface area contributed by atoms with Gasteiger partial charge >= 0.3 is 0 Å². The fourth-order valence-electron chi connectivity index (χ4n) is 3.18. The van der Waals surface area contributed by atoms with Gasteiger partial charge in [-0.15, -0.1) is 24.0 Å². The number of hydrogen-bond donors (Lipinski definition) is 2. The minimum Gasteiger partial charge on any atom is -0.381 e. The van der Waals surface area contributed by atoms with Crippen molar-refractivity contribution in [1.82, 2.24) is 10.6 Å². The average Bonchev–Trinajstić information content (AvgIpc) is 2.69. The molecular weight excluding hydrogens is 465 g/mol. The zero-order chi connectivity index (χ0) is 19.3. The topological polar surface area (TPSA) is 54.9 Å². The molecular formula is C22H38IN3O2. The van der Waals surface area contributed by atoms with Gasteiger partial charge in [0.2, 0.25) is 0 Å². The lowest BCUT2D eigenvalue weighted by atomic mass is 10.1.